The lowest BCUT2D eigenvalue weighted by molar-refractivity contribution is -0.136. The second kappa shape index (κ2) is 11.3. The molecule has 5 rings (SSSR count). The fourth-order valence-electron chi connectivity index (χ4n) is 6.47. The highest BCUT2D eigenvalue weighted by Crippen LogP contribution is 2.44. The third-order valence-electron chi connectivity index (χ3n) is 8.60. The molecule has 1 aliphatic carbocycles. The van der Waals surface area contributed by atoms with Gasteiger partial charge in [-0.05, 0) is 62.5 Å². The first kappa shape index (κ1) is 25.8. The summed E-state index contributed by atoms with van der Waals surface area (Å²) in [6, 6.07) is 12.4. The fourth-order valence-corrected chi connectivity index (χ4v) is 6.71. The third kappa shape index (κ3) is 5.84. The van der Waals surface area contributed by atoms with E-state index in [9.17, 15) is 4.79 Å². The molecule has 2 saturated heterocycles. The zero-order valence-electron chi connectivity index (χ0n) is 21.2. The van der Waals surface area contributed by atoms with E-state index in [2.05, 4.69) is 33.8 Å². The van der Waals surface area contributed by atoms with Gasteiger partial charge in [0.05, 0.1) is 11.6 Å². The normalized spacial score (nSPS) is 26.3. The smallest absolute Gasteiger partial charge is 0.225 e. The van der Waals surface area contributed by atoms with Gasteiger partial charge in [0.15, 0.2) is 0 Å². The Kier molecular flexibility index (Phi) is 8.09. The molecule has 3 fully saturated rings. The first-order valence-corrected chi connectivity index (χ1v) is 14.2. The quantitative estimate of drug-likeness (QED) is 0.431. The van der Waals surface area contributed by atoms with Crippen molar-refractivity contribution in [3.63, 3.8) is 0 Å². The van der Waals surface area contributed by atoms with E-state index >= 15 is 0 Å². The second-order valence-electron chi connectivity index (χ2n) is 11.2. The van der Waals surface area contributed by atoms with Crippen molar-refractivity contribution in [1.82, 2.24) is 14.8 Å². The number of carbonyl (C=O) groups excluding carboxylic acids is 1. The highest BCUT2D eigenvalue weighted by atomic mass is 35.5. The maximum absolute atomic E-state index is 13.7. The van der Waals surface area contributed by atoms with E-state index in [4.69, 9.17) is 27.9 Å². The van der Waals surface area contributed by atoms with E-state index < -0.39 is 0 Å². The van der Waals surface area contributed by atoms with Crippen molar-refractivity contribution in [3.8, 4) is 5.88 Å². The first-order chi connectivity index (χ1) is 17.4. The van der Waals surface area contributed by atoms with Crippen LogP contribution >= 0.6 is 23.2 Å². The van der Waals surface area contributed by atoms with Gasteiger partial charge in [-0.3, -0.25) is 4.79 Å². The number of aromatic nitrogens is 1. The number of halogens is 2. The number of hydrogen-bond acceptors (Lipinski definition) is 4. The standard InChI is InChI=1S/C29H37Cl2N3O2/c1-29(20-36-27-12-11-24(31)17-32-27)19-34(18-26(29)21-7-9-23(30)10-8-21)28(35)22-13-15-33(16-14-22)25-5-3-2-4-6-25/h7-12,17,22,25-26H,2-6,13-16,18-20H2,1H3/t26-,29?/m1/s1. The van der Waals surface area contributed by atoms with Crippen LogP contribution in [0.1, 0.15) is 63.4 Å². The van der Waals surface area contributed by atoms with Crippen LogP contribution < -0.4 is 4.74 Å². The third-order valence-corrected chi connectivity index (χ3v) is 9.08. The topological polar surface area (TPSA) is 45.7 Å². The van der Waals surface area contributed by atoms with Gasteiger partial charge in [0.2, 0.25) is 11.8 Å². The van der Waals surface area contributed by atoms with Gasteiger partial charge in [-0.2, -0.15) is 0 Å². The molecule has 1 amide bonds. The lowest BCUT2D eigenvalue weighted by Gasteiger charge is -2.39. The zero-order chi connectivity index (χ0) is 25.1. The lowest BCUT2D eigenvalue weighted by Crippen LogP contribution is -2.46. The molecule has 1 aromatic heterocycles. The van der Waals surface area contributed by atoms with Gasteiger partial charge in [0.25, 0.3) is 0 Å². The van der Waals surface area contributed by atoms with E-state index in [0.717, 1.165) is 37.0 Å². The average Bonchev–Trinajstić information content (AvgIpc) is 3.26. The van der Waals surface area contributed by atoms with E-state index in [1.54, 1.807) is 18.3 Å². The summed E-state index contributed by atoms with van der Waals surface area (Å²) in [6.07, 6.45) is 10.3. The van der Waals surface area contributed by atoms with Crippen molar-refractivity contribution in [1.29, 1.82) is 0 Å². The molecule has 0 bridgehead atoms. The summed E-state index contributed by atoms with van der Waals surface area (Å²) in [5.41, 5.74) is 0.949. The molecule has 2 aromatic rings. The molecule has 5 nitrogen and oxygen atoms in total. The number of hydrogen-bond donors (Lipinski definition) is 0. The van der Waals surface area contributed by atoms with Crippen molar-refractivity contribution in [2.24, 2.45) is 11.3 Å². The van der Waals surface area contributed by atoms with Crippen LogP contribution in [0.2, 0.25) is 10.0 Å². The van der Waals surface area contributed by atoms with Crippen molar-refractivity contribution in [3.05, 3.63) is 58.2 Å². The van der Waals surface area contributed by atoms with Gasteiger partial charge < -0.3 is 14.5 Å². The number of benzene rings is 1. The minimum Gasteiger partial charge on any atom is -0.477 e. The van der Waals surface area contributed by atoms with Crippen LogP contribution in [0.15, 0.2) is 42.6 Å². The number of piperidine rings is 1. The number of carbonyl (C=O) groups is 1. The van der Waals surface area contributed by atoms with Crippen LogP contribution in [0.5, 0.6) is 5.88 Å². The van der Waals surface area contributed by atoms with Crippen molar-refractivity contribution < 1.29 is 9.53 Å². The minimum absolute atomic E-state index is 0.122. The van der Waals surface area contributed by atoms with Crippen LogP contribution in [0.3, 0.4) is 0 Å². The van der Waals surface area contributed by atoms with E-state index in [1.807, 2.05) is 12.1 Å². The molecule has 3 heterocycles. The van der Waals surface area contributed by atoms with Crippen molar-refractivity contribution in [2.75, 3.05) is 32.8 Å². The maximum Gasteiger partial charge on any atom is 0.225 e. The van der Waals surface area contributed by atoms with E-state index in [0.29, 0.717) is 36.5 Å². The Morgan fingerprint density at radius 3 is 2.36 bits per heavy atom. The molecule has 194 valence electrons. The predicted octanol–water partition coefficient (Wildman–Crippen LogP) is 6.44. The summed E-state index contributed by atoms with van der Waals surface area (Å²) >= 11 is 12.2. The highest BCUT2D eigenvalue weighted by Gasteiger charge is 2.47. The van der Waals surface area contributed by atoms with Gasteiger partial charge in [-0.15, -0.1) is 0 Å². The Labute approximate surface area is 225 Å². The van der Waals surface area contributed by atoms with Gasteiger partial charge >= 0.3 is 0 Å². The summed E-state index contributed by atoms with van der Waals surface area (Å²) in [5, 5.41) is 1.30. The molecule has 0 spiro atoms. The Bertz CT molecular complexity index is 1020. The largest absolute Gasteiger partial charge is 0.477 e. The molecule has 3 aliphatic rings. The number of pyridine rings is 1. The fraction of sp³-hybridized carbons (Fsp3) is 0.586. The number of nitrogens with zero attached hydrogens (tertiary/aromatic N) is 3. The lowest BCUT2D eigenvalue weighted by atomic mass is 9.77. The molecule has 1 saturated carbocycles. The predicted molar refractivity (Wildman–Crippen MR) is 145 cm³/mol. The summed E-state index contributed by atoms with van der Waals surface area (Å²) in [7, 11) is 0. The Hall–Kier alpha value is -1.82. The van der Waals surface area contributed by atoms with Gasteiger partial charge in [-0.1, -0.05) is 61.5 Å². The molecule has 2 atom stereocenters. The zero-order valence-corrected chi connectivity index (χ0v) is 22.7. The first-order valence-electron chi connectivity index (χ1n) is 13.4. The summed E-state index contributed by atoms with van der Waals surface area (Å²) in [4.78, 5) is 22.8. The van der Waals surface area contributed by atoms with Gasteiger partial charge in [0.1, 0.15) is 0 Å². The molecule has 7 heteroatoms. The number of ether oxygens (including phenoxy) is 1. The number of amides is 1. The SMILES string of the molecule is CC1(COc2ccc(Cl)cn2)CN(C(=O)C2CCN(C3CCCCC3)CC2)C[C@@H]1c1ccc(Cl)cc1. The molecule has 0 radical (unpaired) electrons. The van der Waals surface area contributed by atoms with Crippen LogP contribution in [-0.2, 0) is 4.79 Å². The second-order valence-corrected chi connectivity index (χ2v) is 12.1. The molecule has 1 unspecified atom stereocenters. The Balaban J connectivity index is 1.27. The van der Waals surface area contributed by atoms with Crippen LogP contribution in [0.4, 0.5) is 0 Å². The molecule has 1 aromatic carbocycles. The van der Waals surface area contributed by atoms with Gasteiger partial charge in [-0.25, -0.2) is 4.98 Å². The Morgan fingerprint density at radius 2 is 1.69 bits per heavy atom. The molecule has 2 aliphatic heterocycles. The number of rotatable bonds is 6. The number of likely N-dealkylation sites (tertiary alicyclic amines) is 2. The molecular weight excluding hydrogens is 493 g/mol. The Morgan fingerprint density at radius 1 is 1.00 bits per heavy atom. The summed E-state index contributed by atoms with van der Waals surface area (Å²) in [6.45, 7) is 6.18. The van der Waals surface area contributed by atoms with E-state index in [-0.39, 0.29) is 17.3 Å². The van der Waals surface area contributed by atoms with Gasteiger partial charge in [0, 0.05) is 53.7 Å². The summed E-state index contributed by atoms with van der Waals surface area (Å²) in [5.74, 6) is 1.14. The average molecular weight is 531 g/mol. The van der Waals surface area contributed by atoms with Crippen molar-refractivity contribution >= 4 is 29.1 Å². The molecule has 36 heavy (non-hydrogen) atoms. The highest BCUT2D eigenvalue weighted by molar-refractivity contribution is 6.30. The van der Waals surface area contributed by atoms with Crippen molar-refractivity contribution in [2.45, 2.75) is 63.8 Å². The monoisotopic (exact) mass is 529 g/mol. The maximum atomic E-state index is 13.7. The van der Waals surface area contributed by atoms with Crippen LogP contribution in [-0.4, -0.2) is 59.5 Å². The van der Waals surface area contributed by atoms with E-state index in [1.165, 1.54) is 37.7 Å². The summed E-state index contributed by atoms with van der Waals surface area (Å²) < 4.78 is 6.14. The molecule has 0 N–H and O–H groups in total. The van der Waals surface area contributed by atoms with Crippen LogP contribution in [0.25, 0.3) is 0 Å². The minimum atomic E-state index is -0.242. The van der Waals surface area contributed by atoms with Crippen LogP contribution in [0, 0.1) is 11.3 Å². The molecular formula is C29H37Cl2N3O2.